The first kappa shape index (κ1) is 18.8. The summed E-state index contributed by atoms with van der Waals surface area (Å²) in [6, 6.07) is 4.50. The maximum absolute atomic E-state index is 12.9. The zero-order chi connectivity index (χ0) is 19.4. The summed E-state index contributed by atoms with van der Waals surface area (Å²) in [7, 11) is -4.16. The number of carbonyl (C=O) groups excluding carboxylic acids is 2. The molecule has 0 aliphatic carbocycles. The smallest absolute Gasteiger partial charge is 0.411 e. The first-order valence-corrected chi connectivity index (χ1v) is 9.71. The Hall–Kier alpha value is -1.97. The van der Waals surface area contributed by atoms with E-state index >= 15 is 0 Å². The summed E-state index contributed by atoms with van der Waals surface area (Å²) >= 11 is 0. The molecule has 3 rings (SSSR count). The standard InChI is InChI=1S/C17H21NO7S/c1-17(2,3)25-16(22)18-10-12(19)13(20)11(18)15(14(10)21)26(23,24)9-7-5-4-6-8-9/h4-8,10-13,15,19-20H,1-3H3/t10-,11+,12+,13-,15+/m0/s1. The highest BCUT2D eigenvalue weighted by atomic mass is 32.2. The normalized spacial score (nSPS) is 31.3. The zero-order valence-corrected chi connectivity index (χ0v) is 15.4. The van der Waals surface area contributed by atoms with Gasteiger partial charge in [-0.1, -0.05) is 18.2 Å². The Bertz CT molecular complexity index is 830. The minimum absolute atomic E-state index is 0.0864. The number of carbonyl (C=O) groups is 2. The van der Waals surface area contributed by atoms with E-state index in [2.05, 4.69) is 0 Å². The van der Waals surface area contributed by atoms with Gasteiger partial charge in [0.2, 0.25) is 0 Å². The second kappa shape index (κ2) is 6.04. The van der Waals surface area contributed by atoms with Gasteiger partial charge in [-0.3, -0.25) is 9.69 Å². The molecule has 142 valence electrons. The lowest BCUT2D eigenvalue weighted by atomic mass is 9.93. The molecule has 8 nitrogen and oxygen atoms in total. The molecule has 2 aliphatic rings. The number of hydrogen-bond acceptors (Lipinski definition) is 7. The highest BCUT2D eigenvalue weighted by molar-refractivity contribution is 7.93. The Morgan fingerprint density at radius 3 is 2.23 bits per heavy atom. The molecule has 1 aromatic carbocycles. The van der Waals surface area contributed by atoms with Crippen LogP contribution in [-0.2, 0) is 19.4 Å². The first-order chi connectivity index (χ1) is 12.0. The van der Waals surface area contributed by atoms with E-state index in [1.54, 1.807) is 26.8 Å². The number of aliphatic hydroxyl groups excluding tert-OH is 2. The second-order valence-electron chi connectivity index (χ2n) is 7.49. The maximum atomic E-state index is 12.9. The SMILES string of the molecule is CC(C)(C)OC(=O)N1[C@@H]2[C@H](O)[C@H](O)[C@H]1C(=O)[C@@H]2S(=O)(=O)c1ccccc1. The molecule has 2 bridgehead atoms. The molecule has 1 amide bonds. The molecule has 1 aromatic rings. The van der Waals surface area contributed by atoms with Gasteiger partial charge in [0.25, 0.3) is 0 Å². The minimum atomic E-state index is -4.16. The van der Waals surface area contributed by atoms with Crippen LogP contribution in [0.1, 0.15) is 20.8 Å². The number of sulfone groups is 1. The largest absolute Gasteiger partial charge is 0.444 e. The highest BCUT2D eigenvalue weighted by Gasteiger charge is 2.68. The molecule has 9 heteroatoms. The lowest BCUT2D eigenvalue weighted by Gasteiger charge is -2.28. The van der Waals surface area contributed by atoms with Crippen LogP contribution in [0.4, 0.5) is 4.79 Å². The van der Waals surface area contributed by atoms with Crippen molar-refractivity contribution in [1.29, 1.82) is 0 Å². The van der Waals surface area contributed by atoms with Crippen molar-refractivity contribution in [1.82, 2.24) is 4.90 Å². The van der Waals surface area contributed by atoms with E-state index in [1.807, 2.05) is 0 Å². The summed E-state index contributed by atoms with van der Waals surface area (Å²) in [6.45, 7) is 4.86. The highest BCUT2D eigenvalue weighted by Crippen LogP contribution is 2.41. The van der Waals surface area contributed by atoms with Gasteiger partial charge in [-0.25, -0.2) is 13.2 Å². The fourth-order valence-corrected chi connectivity index (χ4v) is 5.45. The van der Waals surface area contributed by atoms with Gasteiger partial charge in [0.05, 0.1) is 10.9 Å². The van der Waals surface area contributed by atoms with Crippen LogP contribution in [0.2, 0.25) is 0 Å². The molecule has 2 aliphatic heterocycles. The summed E-state index contributed by atoms with van der Waals surface area (Å²) in [4.78, 5) is 26.0. The Morgan fingerprint density at radius 1 is 1.12 bits per heavy atom. The number of amides is 1. The van der Waals surface area contributed by atoms with Gasteiger partial charge in [0, 0.05) is 0 Å². The van der Waals surface area contributed by atoms with Crippen molar-refractivity contribution in [2.24, 2.45) is 0 Å². The van der Waals surface area contributed by atoms with Gasteiger partial charge in [-0.2, -0.15) is 0 Å². The van der Waals surface area contributed by atoms with Gasteiger partial charge in [-0.15, -0.1) is 0 Å². The summed E-state index contributed by atoms with van der Waals surface area (Å²) in [5, 5.41) is 18.8. The van der Waals surface area contributed by atoms with Crippen LogP contribution < -0.4 is 0 Å². The van der Waals surface area contributed by atoms with E-state index in [-0.39, 0.29) is 4.90 Å². The first-order valence-electron chi connectivity index (χ1n) is 8.17. The Labute approximate surface area is 151 Å². The van der Waals surface area contributed by atoms with Crippen LogP contribution in [-0.4, -0.2) is 70.5 Å². The number of aliphatic hydroxyl groups is 2. The number of benzene rings is 1. The van der Waals surface area contributed by atoms with Crippen molar-refractivity contribution in [3.05, 3.63) is 30.3 Å². The molecule has 2 heterocycles. The van der Waals surface area contributed by atoms with Gasteiger partial charge in [0.1, 0.15) is 29.1 Å². The van der Waals surface area contributed by atoms with Gasteiger partial charge in [0.15, 0.2) is 15.6 Å². The average molecular weight is 383 g/mol. The Kier molecular flexibility index (Phi) is 4.37. The van der Waals surface area contributed by atoms with Crippen molar-refractivity contribution < 1.29 is 33.0 Å². The van der Waals surface area contributed by atoms with Crippen molar-refractivity contribution in [2.75, 3.05) is 0 Å². The summed E-state index contributed by atoms with van der Waals surface area (Å²) in [5.41, 5.74) is -0.883. The number of nitrogens with zero attached hydrogens (tertiary/aromatic N) is 1. The van der Waals surface area contributed by atoms with Crippen LogP contribution in [0.15, 0.2) is 35.2 Å². The Balaban J connectivity index is 2.03. The van der Waals surface area contributed by atoms with E-state index in [0.717, 1.165) is 4.90 Å². The van der Waals surface area contributed by atoms with E-state index in [9.17, 15) is 28.2 Å². The average Bonchev–Trinajstić information content (AvgIpc) is 2.98. The number of fused-ring (bicyclic) bond motifs is 2. The van der Waals surface area contributed by atoms with Gasteiger partial charge in [-0.05, 0) is 32.9 Å². The molecule has 2 saturated heterocycles. The van der Waals surface area contributed by atoms with Crippen LogP contribution in [0, 0.1) is 0 Å². The summed E-state index contributed by atoms with van der Waals surface area (Å²) < 4.78 is 31.1. The number of hydrogen-bond donors (Lipinski definition) is 2. The molecular formula is C17H21NO7S. The molecule has 0 aromatic heterocycles. The topological polar surface area (TPSA) is 121 Å². The molecular weight excluding hydrogens is 362 g/mol. The molecule has 0 saturated carbocycles. The predicted octanol–water partition coefficient (Wildman–Crippen LogP) is 0.121. The van der Waals surface area contributed by atoms with Crippen LogP contribution in [0.5, 0.6) is 0 Å². The number of rotatable bonds is 2. The third-order valence-electron chi connectivity index (χ3n) is 4.54. The third kappa shape index (κ3) is 2.80. The molecule has 0 unspecified atom stereocenters. The molecule has 5 atom stereocenters. The summed E-state index contributed by atoms with van der Waals surface area (Å²) in [6.07, 6.45) is -4.06. The molecule has 0 spiro atoms. The number of ketones is 1. The lowest BCUT2D eigenvalue weighted by molar-refractivity contribution is -0.125. The number of Topliss-reactive ketones (excluding diaryl/α,β-unsaturated/α-hetero) is 1. The van der Waals surface area contributed by atoms with Gasteiger partial charge >= 0.3 is 6.09 Å². The molecule has 2 N–H and O–H groups in total. The van der Waals surface area contributed by atoms with Crippen LogP contribution in [0.25, 0.3) is 0 Å². The quantitative estimate of drug-likeness (QED) is 0.744. The van der Waals surface area contributed by atoms with Crippen LogP contribution in [0.3, 0.4) is 0 Å². The zero-order valence-electron chi connectivity index (χ0n) is 14.6. The predicted molar refractivity (Wildman–Crippen MR) is 90.1 cm³/mol. The van der Waals surface area contributed by atoms with Crippen LogP contribution >= 0.6 is 0 Å². The van der Waals surface area contributed by atoms with Crippen molar-refractivity contribution in [3.63, 3.8) is 0 Å². The van der Waals surface area contributed by atoms with Gasteiger partial charge < -0.3 is 14.9 Å². The Morgan fingerprint density at radius 2 is 1.69 bits per heavy atom. The second-order valence-corrected chi connectivity index (χ2v) is 9.55. The molecule has 2 fully saturated rings. The fourth-order valence-electron chi connectivity index (χ4n) is 3.51. The number of ether oxygens (including phenoxy) is 1. The monoisotopic (exact) mass is 383 g/mol. The minimum Gasteiger partial charge on any atom is -0.444 e. The van der Waals surface area contributed by atoms with Crippen molar-refractivity contribution >= 4 is 21.7 Å². The molecule has 26 heavy (non-hydrogen) atoms. The maximum Gasteiger partial charge on any atom is 0.411 e. The van der Waals surface area contributed by atoms with E-state index < -0.39 is 56.9 Å². The van der Waals surface area contributed by atoms with E-state index in [1.165, 1.54) is 24.3 Å². The van der Waals surface area contributed by atoms with Crippen molar-refractivity contribution in [3.8, 4) is 0 Å². The molecule has 0 radical (unpaired) electrons. The third-order valence-corrected chi connectivity index (χ3v) is 6.65. The van der Waals surface area contributed by atoms with Crippen molar-refractivity contribution in [2.45, 2.75) is 60.8 Å². The summed E-state index contributed by atoms with van der Waals surface area (Å²) in [5.74, 6) is -0.817. The van der Waals surface area contributed by atoms with E-state index in [4.69, 9.17) is 4.74 Å². The lowest BCUT2D eigenvalue weighted by Crippen LogP contribution is -2.53. The fraction of sp³-hybridized carbons (Fsp3) is 0.529. The van der Waals surface area contributed by atoms with E-state index in [0.29, 0.717) is 0 Å².